The van der Waals surface area contributed by atoms with E-state index in [9.17, 15) is 5.11 Å². The van der Waals surface area contributed by atoms with Crippen LogP contribution >= 0.6 is 0 Å². The van der Waals surface area contributed by atoms with E-state index in [1.807, 2.05) is 6.08 Å². The molecule has 1 aliphatic carbocycles. The molecule has 11 heavy (non-hydrogen) atoms. The van der Waals surface area contributed by atoms with Gasteiger partial charge in [0, 0.05) is 0 Å². The molecule has 0 saturated heterocycles. The van der Waals surface area contributed by atoms with E-state index >= 15 is 0 Å². The van der Waals surface area contributed by atoms with Gasteiger partial charge in [0.2, 0.25) is 0 Å². The molecule has 1 aliphatic rings. The molecule has 64 valence electrons. The van der Waals surface area contributed by atoms with Crippen molar-refractivity contribution < 1.29 is 5.11 Å². The second-order valence-electron chi connectivity index (χ2n) is 3.95. The molecule has 0 fully saturated rings. The molecule has 0 spiro atoms. The topological polar surface area (TPSA) is 20.2 Å². The monoisotopic (exact) mass is 154 g/mol. The summed E-state index contributed by atoms with van der Waals surface area (Å²) in [6.45, 7) is 6.46. The third-order valence-corrected chi connectivity index (χ3v) is 2.62. The van der Waals surface area contributed by atoms with E-state index in [4.69, 9.17) is 0 Å². The maximum absolute atomic E-state index is 9.63. The van der Waals surface area contributed by atoms with Gasteiger partial charge in [-0.3, -0.25) is 0 Å². The average Bonchev–Trinajstić information content (AvgIpc) is 1.85. The number of hydrogen-bond acceptors (Lipinski definition) is 1. The van der Waals surface area contributed by atoms with Crippen molar-refractivity contribution in [2.24, 2.45) is 11.8 Å². The summed E-state index contributed by atoms with van der Waals surface area (Å²) in [5.41, 5.74) is 1.34. The first kappa shape index (κ1) is 8.79. The van der Waals surface area contributed by atoms with Crippen LogP contribution in [-0.4, -0.2) is 11.2 Å². The van der Waals surface area contributed by atoms with E-state index in [-0.39, 0.29) is 6.10 Å². The van der Waals surface area contributed by atoms with E-state index in [0.717, 1.165) is 6.42 Å². The Labute approximate surface area is 69.1 Å². The lowest BCUT2D eigenvalue weighted by Crippen LogP contribution is -2.26. The first-order valence-electron chi connectivity index (χ1n) is 4.46. The van der Waals surface area contributed by atoms with Crippen molar-refractivity contribution in [3.63, 3.8) is 0 Å². The molecule has 0 aromatic rings. The zero-order chi connectivity index (χ0) is 8.43. The quantitative estimate of drug-likeness (QED) is 0.575. The molecular weight excluding hydrogens is 136 g/mol. The number of hydrogen-bond donors (Lipinski definition) is 1. The fourth-order valence-corrected chi connectivity index (χ4v) is 1.79. The molecule has 1 N–H and O–H groups in total. The first-order chi connectivity index (χ1) is 5.11. The van der Waals surface area contributed by atoms with E-state index in [0.29, 0.717) is 11.8 Å². The van der Waals surface area contributed by atoms with Crippen molar-refractivity contribution in [1.82, 2.24) is 0 Å². The van der Waals surface area contributed by atoms with Crippen LogP contribution in [0.5, 0.6) is 0 Å². The summed E-state index contributed by atoms with van der Waals surface area (Å²) in [4.78, 5) is 0. The summed E-state index contributed by atoms with van der Waals surface area (Å²) in [7, 11) is 0. The Hall–Kier alpha value is -0.300. The molecular formula is C10H18O. The molecule has 1 rings (SSSR count). The van der Waals surface area contributed by atoms with Gasteiger partial charge in [-0.15, -0.1) is 0 Å². The molecule has 0 aromatic carbocycles. The van der Waals surface area contributed by atoms with Gasteiger partial charge >= 0.3 is 0 Å². The van der Waals surface area contributed by atoms with Crippen molar-refractivity contribution >= 4 is 0 Å². The fourth-order valence-electron chi connectivity index (χ4n) is 1.79. The Morgan fingerprint density at radius 1 is 1.55 bits per heavy atom. The van der Waals surface area contributed by atoms with Crippen molar-refractivity contribution in [2.75, 3.05) is 0 Å². The molecule has 0 heterocycles. The van der Waals surface area contributed by atoms with Gasteiger partial charge in [-0.1, -0.05) is 25.5 Å². The van der Waals surface area contributed by atoms with Crippen molar-refractivity contribution in [3.05, 3.63) is 11.6 Å². The van der Waals surface area contributed by atoms with Crippen molar-refractivity contribution in [2.45, 2.75) is 39.7 Å². The highest BCUT2D eigenvalue weighted by molar-refractivity contribution is 5.08. The van der Waals surface area contributed by atoms with Crippen molar-refractivity contribution in [3.8, 4) is 0 Å². The number of rotatable bonds is 1. The highest BCUT2D eigenvalue weighted by Gasteiger charge is 2.23. The van der Waals surface area contributed by atoms with Gasteiger partial charge in [-0.05, 0) is 31.6 Å². The molecule has 1 nitrogen and oxygen atoms in total. The number of aliphatic hydroxyl groups is 1. The maximum atomic E-state index is 9.63. The Morgan fingerprint density at radius 2 is 2.18 bits per heavy atom. The molecule has 0 aromatic heterocycles. The predicted molar refractivity (Wildman–Crippen MR) is 47.3 cm³/mol. The van der Waals surface area contributed by atoms with Crippen LogP contribution in [0.2, 0.25) is 0 Å². The third-order valence-electron chi connectivity index (χ3n) is 2.62. The lowest BCUT2D eigenvalue weighted by molar-refractivity contribution is 0.108. The standard InChI is InChI=1S/C10H18O/c1-7(2)9-5-4-8(3)6-10(9)11/h6-7,9-11H,4-5H2,1-3H3/t9-,10-/m0/s1. The van der Waals surface area contributed by atoms with Crippen LogP contribution in [0.4, 0.5) is 0 Å². The molecule has 0 radical (unpaired) electrons. The van der Waals surface area contributed by atoms with Crippen LogP contribution in [0.3, 0.4) is 0 Å². The summed E-state index contributed by atoms with van der Waals surface area (Å²) in [5.74, 6) is 1.09. The molecule has 0 saturated carbocycles. The zero-order valence-corrected chi connectivity index (χ0v) is 7.67. The second-order valence-corrected chi connectivity index (χ2v) is 3.95. The van der Waals surface area contributed by atoms with E-state index in [1.54, 1.807) is 0 Å². The Bertz CT molecular complexity index is 158. The van der Waals surface area contributed by atoms with Gasteiger partial charge in [0.05, 0.1) is 6.10 Å². The Balaban J connectivity index is 2.60. The largest absolute Gasteiger partial charge is 0.389 e. The second kappa shape index (κ2) is 3.40. The van der Waals surface area contributed by atoms with Crippen LogP contribution < -0.4 is 0 Å². The van der Waals surface area contributed by atoms with E-state index < -0.39 is 0 Å². The Kier molecular flexibility index (Phi) is 2.72. The van der Waals surface area contributed by atoms with E-state index in [1.165, 1.54) is 12.0 Å². The van der Waals surface area contributed by atoms with Gasteiger partial charge in [0.15, 0.2) is 0 Å². The molecule has 0 amide bonds. The van der Waals surface area contributed by atoms with Crippen LogP contribution in [0.1, 0.15) is 33.6 Å². The summed E-state index contributed by atoms with van der Waals surface area (Å²) in [6.07, 6.45) is 4.14. The summed E-state index contributed by atoms with van der Waals surface area (Å²) >= 11 is 0. The highest BCUT2D eigenvalue weighted by Crippen LogP contribution is 2.28. The van der Waals surface area contributed by atoms with Crippen LogP contribution in [0.15, 0.2) is 11.6 Å². The SMILES string of the molecule is CC1=C[C@H](O)[C@H](C(C)C)CC1. The van der Waals surface area contributed by atoms with E-state index in [2.05, 4.69) is 20.8 Å². The minimum Gasteiger partial charge on any atom is -0.389 e. The summed E-state index contributed by atoms with van der Waals surface area (Å²) in [5, 5.41) is 9.63. The molecule has 0 unspecified atom stereocenters. The molecule has 2 atom stereocenters. The van der Waals surface area contributed by atoms with Crippen LogP contribution in [-0.2, 0) is 0 Å². The van der Waals surface area contributed by atoms with Gasteiger partial charge in [0.1, 0.15) is 0 Å². The number of aliphatic hydroxyl groups excluding tert-OH is 1. The fraction of sp³-hybridized carbons (Fsp3) is 0.800. The molecule has 1 heteroatoms. The highest BCUT2D eigenvalue weighted by atomic mass is 16.3. The normalized spacial score (nSPS) is 32.3. The predicted octanol–water partition coefficient (Wildman–Crippen LogP) is 2.36. The minimum absolute atomic E-state index is 0.191. The minimum atomic E-state index is -0.191. The molecule has 0 bridgehead atoms. The summed E-state index contributed by atoms with van der Waals surface area (Å²) < 4.78 is 0. The van der Waals surface area contributed by atoms with Crippen LogP contribution in [0.25, 0.3) is 0 Å². The van der Waals surface area contributed by atoms with Gasteiger partial charge in [-0.2, -0.15) is 0 Å². The number of allylic oxidation sites excluding steroid dienone is 1. The van der Waals surface area contributed by atoms with Gasteiger partial charge < -0.3 is 5.11 Å². The first-order valence-corrected chi connectivity index (χ1v) is 4.46. The van der Waals surface area contributed by atoms with Gasteiger partial charge in [0.25, 0.3) is 0 Å². The summed E-state index contributed by atoms with van der Waals surface area (Å²) in [6, 6.07) is 0. The zero-order valence-electron chi connectivity index (χ0n) is 7.67. The van der Waals surface area contributed by atoms with Gasteiger partial charge in [-0.25, -0.2) is 0 Å². The molecule has 0 aliphatic heterocycles. The van der Waals surface area contributed by atoms with Crippen LogP contribution in [0, 0.1) is 11.8 Å². The average molecular weight is 154 g/mol. The smallest absolute Gasteiger partial charge is 0.0754 e. The lowest BCUT2D eigenvalue weighted by Gasteiger charge is -2.28. The third kappa shape index (κ3) is 2.06. The Morgan fingerprint density at radius 3 is 2.64 bits per heavy atom. The lowest BCUT2D eigenvalue weighted by atomic mass is 9.81. The maximum Gasteiger partial charge on any atom is 0.0754 e. The van der Waals surface area contributed by atoms with Crippen molar-refractivity contribution in [1.29, 1.82) is 0 Å².